The van der Waals surface area contributed by atoms with E-state index in [0.717, 1.165) is 91.6 Å². The molecule has 2 aliphatic rings. The third-order valence-corrected chi connectivity index (χ3v) is 8.78. The van der Waals surface area contributed by atoms with Crippen molar-refractivity contribution < 1.29 is 0 Å². The van der Waals surface area contributed by atoms with Crippen LogP contribution in [0.5, 0.6) is 0 Å². The van der Waals surface area contributed by atoms with E-state index < -0.39 is 0 Å². The molecule has 42 heavy (non-hydrogen) atoms. The first kappa shape index (κ1) is 28.4. The van der Waals surface area contributed by atoms with Crippen molar-refractivity contribution in [2.45, 2.75) is 33.1 Å². The number of hydrogen-bond acceptors (Lipinski definition) is 9. The summed E-state index contributed by atoms with van der Waals surface area (Å²) >= 11 is 0. The van der Waals surface area contributed by atoms with Gasteiger partial charge in [0, 0.05) is 74.5 Å². The van der Waals surface area contributed by atoms with E-state index in [1.54, 1.807) is 12.7 Å². The molecule has 2 aliphatic heterocycles. The molecule has 0 unspecified atom stereocenters. The summed E-state index contributed by atoms with van der Waals surface area (Å²) in [7, 11) is 4.34. The van der Waals surface area contributed by atoms with Gasteiger partial charge in [-0.05, 0) is 81.6 Å². The highest BCUT2D eigenvalue weighted by molar-refractivity contribution is 5.92. The Morgan fingerprint density at radius 1 is 0.762 bits per heavy atom. The summed E-state index contributed by atoms with van der Waals surface area (Å²) in [6.45, 7) is 12.6. The zero-order chi connectivity index (χ0) is 29.1. The predicted octanol–water partition coefficient (Wildman–Crippen LogP) is 5.14. The molecule has 9 heteroatoms. The number of nitrogens with zero attached hydrogens (tertiary/aromatic N) is 8. The maximum atomic E-state index is 4.72. The molecule has 1 N–H and O–H groups in total. The summed E-state index contributed by atoms with van der Waals surface area (Å²) in [6.07, 6.45) is 6.96. The smallest absolute Gasteiger partial charge is 0.139 e. The highest BCUT2D eigenvalue weighted by Crippen LogP contribution is 2.31. The minimum Gasteiger partial charge on any atom is -0.369 e. The summed E-state index contributed by atoms with van der Waals surface area (Å²) in [6, 6.07) is 13.3. The van der Waals surface area contributed by atoms with Gasteiger partial charge in [0.15, 0.2) is 0 Å². The number of nitrogens with one attached hydrogen (secondary N) is 1. The molecule has 2 aromatic carbocycles. The Labute approximate surface area is 250 Å². The third-order valence-electron chi connectivity index (χ3n) is 8.78. The van der Waals surface area contributed by atoms with Crippen LogP contribution in [-0.4, -0.2) is 91.3 Å². The van der Waals surface area contributed by atoms with E-state index in [0.29, 0.717) is 5.92 Å². The van der Waals surface area contributed by atoms with Crippen LogP contribution < -0.4 is 20.0 Å². The van der Waals surface area contributed by atoms with Gasteiger partial charge in [0.05, 0.1) is 11.0 Å². The Morgan fingerprint density at radius 3 is 1.98 bits per heavy atom. The largest absolute Gasteiger partial charge is 0.369 e. The average molecular weight is 568 g/mol. The first-order valence-electron chi connectivity index (χ1n) is 15.6. The van der Waals surface area contributed by atoms with Gasteiger partial charge in [-0.25, -0.2) is 19.9 Å². The Hall–Kier alpha value is -3.72. The molecular formula is C33H45N9. The lowest BCUT2D eigenvalue weighted by molar-refractivity contribution is 0.285. The van der Waals surface area contributed by atoms with Crippen molar-refractivity contribution in [3.63, 3.8) is 0 Å². The molecule has 4 aromatic rings. The van der Waals surface area contributed by atoms with Gasteiger partial charge in [0.2, 0.25) is 0 Å². The lowest BCUT2D eigenvalue weighted by Gasteiger charge is -2.37. The molecule has 4 heterocycles. The van der Waals surface area contributed by atoms with Crippen molar-refractivity contribution in [3.05, 3.63) is 49.1 Å². The first-order chi connectivity index (χ1) is 20.4. The van der Waals surface area contributed by atoms with Crippen LogP contribution in [0.1, 0.15) is 33.1 Å². The van der Waals surface area contributed by atoms with Crippen molar-refractivity contribution in [2.75, 3.05) is 86.5 Å². The highest BCUT2D eigenvalue weighted by atomic mass is 15.3. The number of piperazine rings is 1. The maximum Gasteiger partial charge on any atom is 0.139 e. The summed E-state index contributed by atoms with van der Waals surface area (Å²) in [5, 5.41) is 5.74. The fourth-order valence-electron chi connectivity index (χ4n) is 6.41. The van der Waals surface area contributed by atoms with Gasteiger partial charge in [-0.1, -0.05) is 13.8 Å². The number of benzene rings is 2. The third kappa shape index (κ3) is 6.36. The molecule has 0 aliphatic carbocycles. The van der Waals surface area contributed by atoms with Crippen LogP contribution in [0.25, 0.3) is 21.8 Å². The van der Waals surface area contributed by atoms with Gasteiger partial charge in [-0.15, -0.1) is 0 Å². The van der Waals surface area contributed by atoms with E-state index >= 15 is 0 Å². The molecular weight excluding hydrogens is 522 g/mol. The molecule has 9 nitrogen and oxygen atoms in total. The van der Waals surface area contributed by atoms with E-state index in [1.165, 1.54) is 30.8 Å². The van der Waals surface area contributed by atoms with Crippen LogP contribution in [0.15, 0.2) is 49.1 Å². The van der Waals surface area contributed by atoms with Gasteiger partial charge in [-0.2, -0.15) is 0 Å². The molecule has 0 atom stereocenters. The van der Waals surface area contributed by atoms with Gasteiger partial charge >= 0.3 is 0 Å². The predicted molar refractivity (Wildman–Crippen MR) is 175 cm³/mol. The molecule has 0 saturated carbocycles. The number of rotatable bonds is 9. The lowest BCUT2D eigenvalue weighted by atomic mass is 9.96. The normalized spacial score (nSPS) is 16.8. The van der Waals surface area contributed by atoms with Gasteiger partial charge < -0.3 is 24.9 Å². The second-order valence-electron chi connectivity index (χ2n) is 12.6. The quantitative estimate of drug-likeness (QED) is 0.296. The number of anilines is 4. The van der Waals surface area contributed by atoms with E-state index in [-0.39, 0.29) is 0 Å². The standard InChI is InChI=1S/C33H45N9/c1-24(2)9-12-34-32-28-7-5-26(19-30(28)35-22-37-32)40-15-17-41(18-16-40)27-6-8-29-31(20-27)36-23-38-33(29)42-13-10-25(11-14-42)21-39(3)4/h5-8,19-20,22-25H,9-18,21H2,1-4H3,(H,34,35,37). The molecule has 0 bridgehead atoms. The zero-order valence-electron chi connectivity index (χ0n) is 25.6. The minimum absolute atomic E-state index is 0.664. The van der Waals surface area contributed by atoms with Crippen LogP contribution in [0.3, 0.4) is 0 Å². The van der Waals surface area contributed by atoms with Gasteiger partial charge in [-0.3, -0.25) is 0 Å². The molecule has 2 saturated heterocycles. The molecule has 0 spiro atoms. The Kier molecular flexibility index (Phi) is 8.55. The van der Waals surface area contributed by atoms with Gasteiger partial charge in [0.1, 0.15) is 24.3 Å². The van der Waals surface area contributed by atoms with E-state index in [2.05, 4.69) is 104 Å². The van der Waals surface area contributed by atoms with Crippen molar-refractivity contribution in [1.29, 1.82) is 0 Å². The topological polar surface area (TPSA) is 76.6 Å². The van der Waals surface area contributed by atoms with Crippen molar-refractivity contribution >= 4 is 44.8 Å². The maximum absolute atomic E-state index is 4.72. The summed E-state index contributed by atoms with van der Waals surface area (Å²) in [5.41, 5.74) is 4.48. The number of piperidine rings is 1. The molecule has 0 radical (unpaired) electrons. The molecule has 222 valence electrons. The average Bonchev–Trinajstić information content (AvgIpc) is 3.00. The van der Waals surface area contributed by atoms with Crippen LogP contribution >= 0.6 is 0 Å². The van der Waals surface area contributed by atoms with E-state index in [1.807, 2.05) is 0 Å². The second-order valence-corrected chi connectivity index (χ2v) is 12.6. The fraction of sp³-hybridized carbons (Fsp3) is 0.515. The van der Waals surface area contributed by atoms with Crippen molar-refractivity contribution in [1.82, 2.24) is 24.8 Å². The Bertz CT molecular complexity index is 1490. The summed E-state index contributed by atoms with van der Waals surface area (Å²) in [5.74, 6) is 3.44. The lowest BCUT2D eigenvalue weighted by Crippen LogP contribution is -2.46. The summed E-state index contributed by atoms with van der Waals surface area (Å²) < 4.78 is 0. The molecule has 0 amide bonds. The van der Waals surface area contributed by atoms with Crippen LogP contribution in [0.2, 0.25) is 0 Å². The molecule has 2 aromatic heterocycles. The van der Waals surface area contributed by atoms with Gasteiger partial charge in [0.25, 0.3) is 0 Å². The van der Waals surface area contributed by atoms with Crippen LogP contribution in [0.4, 0.5) is 23.0 Å². The van der Waals surface area contributed by atoms with Crippen LogP contribution in [-0.2, 0) is 0 Å². The first-order valence-corrected chi connectivity index (χ1v) is 15.6. The molecule has 2 fully saturated rings. The molecule has 6 rings (SSSR count). The number of hydrogen-bond donors (Lipinski definition) is 1. The Morgan fingerprint density at radius 2 is 1.36 bits per heavy atom. The van der Waals surface area contributed by atoms with Crippen molar-refractivity contribution in [2.24, 2.45) is 11.8 Å². The monoisotopic (exact) mass is 567 g/mol. The number of aromatic nitrogens is 4. The van der Waals surface area contributed by atoms with E-state index in [9.17, 15) is 0 Å². The fourth-order valence-corrected chi connectivity index (χ4v) is 6.41. The highest BCUT2D eigenvalue weighted by Gasteiger charge is 2.23. The summed E-state index contributed by atoms with van der Waals surface area (Å²) in [4.78, 5) is 28.2. The van der Waals surface area contributed by atoms with E-state index in [4.69, 9.17) is 4.98 Å². The van der Waals surface area contributed by atoms with Crippen LogP contribution in [0, 0.1) is 11.8 Å². The second kappa shape index (κ2) is 12.7. The van der Waals surface area contributed by atoms with Crippen molar-refractivity contribution in [3.8, 4) is 0 Å². The minimum atomic E-state index is 0.664. The Balaban J connectivity index is 1.10. The zero-order valence-corrected chi connectivity index (χ0v) is 25.6. The SMILES string of the molecule is CC(C)CCNc1ncnc2cc(N3CCN(c4ccc5c(N6CCC(CN(C)C)CC6)ncnc5c4)CC3)ccc12. The number of fused-ring (bicyclic) bond motifs is 2.